The summed E-state index contributed by atoms with van der Waals surface area (Å²) in [6.45, 7) is 6.56. The van der Waals surface area contributed by atoms with Gasteiger partial charge in [-0.3, -0.25) is 14.5 Å². The standard InChI is InChI=1S/C24H29N3O3/c1-15-8-9-19(21(10-15)30-3)24(29)27-12-17-11-26(14-22(25)28)13-20(17)23(27)18-7-5-4-6-16(18)2/h4-10,17,20,23H,11-14H2,1-3H3,(H2,25,28)/t17-,20-,23+/m0/s1. The summed E-state index contributed by atoms with van der Waals surface area (Å²) < 4.78 is 5.52. The summed E-state index contributed by atoms with van der Waals surface area (Å²) in [4.78, 5) is 29.2. The predicted molar refractivity (Wildman–Crippen MR) is 115 cm³/mol. The minimum absolute atomic E-state index is 0.00375. The van der Waals surface area contributed by atoms with E-state index >= 15 is 0 Å². The van der Waals surface area contributed by atoms with Gasteiger partial charge >= 0.3 is 0 Å². The van der Waals surface area contributed by atoms with Crippen molar-refractivity contribution in [3.8, 4) is 5.75 Å². The number of primary amides is 1. The molecule has 2 saturated heterocycles. The van der Waals surface area contributed by atoms with E-state index in [9.17, 15) is 9.59 Å². The van der Waals surface area contributed by atoms with Crippen molar-refractivity contribution < 1.29 is 14.3 Å². The van der Waals surface area contributed by atoms with Crippen LogP contribution in [0.1, 0.15) is 33.1 Å². The van der Waals surface area contributed by atoms with Gasteiger partial charge in [0.1, 0.15) is 5.75 Å². The Kier molecular flexibility index (Phi) is 5.52. The van der Waals surface area contributed by atoms with Gasteiger partial charge in [-0.15, -0.1) is 0 Å². The smallest absolute Gasteiger partial charge is 0.258 e. The summed E-state index contributed by atoms with van der Waals surface area (Å²) in [7, 11) is 1.60. The second kappa shape index (κ2) is 8.11. The zero-order valence-electron chi connectivity index (χ0n) is 17.8. The molecule has 2 fully saturated rings. The van der Waals surface area contributed by atoms with Gasteiger partial charge in [0.2, 0.25) is 5.91 Å². The van der Waals surface area contributed by atoms with Crippen LogP contribution in [0.2, 0.25) is 0 Å². The van der Waals surface area contributed by atoms with E-state index in [1.807, 2.05) is 42.2 Å². The van der Waals surface area contributed by atoms with Gasteiger partial charge in [0.15, 0.2) is 0 Å². The molecule has 2 aliphatic rings. The molecule has 6 nitrogen and oxygen atoms in total. The quantitative estimate of drug-likeness (QED) is 0.827. The Morgan fingerprint density at radius 2 is 1.87 bits per heavy atom. The minimum atomic E-state index is -0.306. The van der Waals surface area contributed by atoms with Crippen LogP contribution < -0.4 is 10.5 Å². The second-order valence-corrected chi connectivity index (χ2v) is 8.55. The van der Waals surface area contributed by atoms with Gasteiger partial charge in [-0.25, -0.2) is 0 Å². The van der Waals surface area contributed by atoms with Crippen molar-refractivity contribution >= 4 is 11.8 Å². The molecule has 2 aromatic carbocycles. The molecular formula is C24H29N3O3. The van der Waals surface area contributed by atoms with Gasteiger partial charge < -0.3 is 15.4 Å². The number of hydrogen-bond donors (Lipinski definition) is 1. The Bertz CT molecular complexity index is 974. The summed E-state index contributed by atoms with van der Waals surface area (Å²) in [6, 6.07) is 13.9. The molecular weight excluding hydrogens is 378 g/mol. The van der Waals surface area contributed by atoms with Crippen molar-refractivity contribution in [3.63, 3.8) is 0 Å². The summed E-state index contributed by atoms with van der Waals surface area (Å²) in [5, 5.41) is 0. The van der Waals surface area contributed by atoms with Gasteiger partial charge in [-0.1, -0.05) is 30.3 Å². The van der Waals surface area contributed by atoms with E-state index in [1.165, 1.54) is 11.1 Å². The Balaban J connectivity index is 1.70. The maximum Gasteiger partial charge on any atom is 0.258 e. The number of benzene rings is 2. The molecule has 2 heterocycles. The number of nitrogens with zero attached hydrogens (tertiary/aromatic N) is 2. The van der Waals surface area contributed by atoms with E-state index in [0.29, 0.717) is 23.8 Å². The highest BCUT2D eigenvalue weighted by Gasteiger charge is 2.49. The first-order valence-corrected chi connectivity index (χ1v) is 10.4. The minimum Gasteiger partial charge on any atom is -0.496 e. The number of methoxy groups -OCH3 is 1. The Morgan fingerprint density at radius 3 is 2.57 bits per heavy atom. The number of hydrogen-bond acceptors (Lipinski definition) is 4. The van der Waals surface area contributed by atoms with Crippen molar-refractivity contribution in [3.05, 3.63) is 64.7 Å². The largest absolute Gasteiger partial charge is 0.496 e. The lowest BCUT2D eigenvalue weighted by Crippen LogP contribution is -2.38. The lowest BCUT2D eigenvalue weighted by molar-refractivity contribution is -0.119. The molecule has 3 atom stereocenters. The number of ether oxygens (including phenoxy) is 1. The van der Waals surface area contributed by atoms with Crippen LogP contribution in [0.4, 0.5) is 0 Å². The summed E-state index contributed by atoms with van der Waals surface area (Å²) >= 11 is 0. The van der Waals surface area contributed by atoms with Gasteiger partial charge in [-0.05, 0) is 48.6 Å². The van der Waals surface area contributed by atoms with Crippen LogP contribution in [-0.2, 0) is 4.79 Å². The molecule has 0 unspecified atom stereocenters. The normalized spacial score (nSPS) is 23.4. The van der Waals surface area contributed by atoms with Gasteiger partial charge in [0.05, 0.1) is 25.3 Å². The number of rotatable bonds is 5. The Labute approximate surface area is 177 Å². The molecule has 0 aliphatic carbocycles. The fourth-order valence-corrected chi connectivity index (χ4v) is 5.14. The van der Waals surface area contributed by atoms with Crippen molar-refractivity contribution in [2.24, 2.45) is 17.6 Å². The van der Waals surface area contributed by atoms with Gasteiger partial charge in [-0.2, -0.15) is 0 Å². The number of aryl methyl sites for hydroxylation is 2. The first-order chi connectivity index (χ1) is 14.4. The highest BCUT2D eigenvalue weighted by Crippen LogP contribution is 2.46. The molecule has 2 N–H and O–H groups in total. The molecule has 6 heteroatoms. The first-order valence-electron chi connectivity index (χ1n) is 10.4. The van der Waals surface area contributed by atoms with Crippen molar-refractivity contribution in [2.75, 3.05) is 33.3 Å². The zero-order valence-corrected chi connectivity index (χ0v) is 17.8. The van der Waals surface area contributed by atoms with E-state index < -0.39 is 0 Å². The topological polar surface area (TPSA) is 75.9 Å². The van der Waals surface area contributed by atoms with Crippen LogP contribution >= 0.6 is 0 Å². The van der Waals surface area contributed by atoms with E-state index in [1.54, 1.807) is 7.11 Å². The monoisotopic (exact) mass is 407 g/mol. The average molecular weight is 408 g/mol. The molecule has 0 spiro atoms. The fraction of sp³-hybridized carbons (Fsp3) is 0.417. The van der Waals surface area contributed by atoms with E-state index in [0.717, 1.165) is 18.7 Å². The molecule has 0 radical (unpaired) electrons. The summed E-state index contributed by atoms with van der Waals surface area (Å²) in [5.41, 5.74) is 9.42. The predicted octanol–water partition coefficient (Wildman–Crippen LogP) is 2.54. The van der Waals surface area contributed by atoms with E-state index in [2.05, 4.69) is 24.0 Å². The molecule has 0 bridgehead atoms. The molecule has 0 saturated carbocycles. The molecule has 158 valence electrons. The van der Waals surface area contributed by atoms with Gasteiger partial charge in [0.25, 0.3) is 5.91 Å². The highest BCUT2D eigenvalue weighted by molar-refractivity contribution is 5.97. The number of carbonyl (C=O) groups is 2. The zero-order chi connectivity index (χ0) is 21.4. The fourth-order valence-electron chi connectivity index (χ4n) is 5.14. The van der Waals surface area contributed by atoms with Crippen molar-refractivity contribution in [2.45, 2.75) is 19.9 Å². The molecule has 2 amide bonds. The lowest BCUT2D eigenvalue weighted by Gasteiger charge is -2.31. The SMILES string of the molecule is COc1cc(C)ccc1C(=O)N1C[C@@H]2CN(CC(N)=O)C[C@@H]2[C@H]1c1ccccc1C. The summed E-state index contributed by atoms with van der Waals surface area (Å²) in [5.74, 6) is 0.881. The first kappa shape index (κ1) is 20.4. The van der Waals surface area contributed by atoms with Crippen LogP contribution in [0.3, 0.4) is 0 Å². The van der Waals surface area contributed by atoms with Crippen LogP contribution in [0.5, 0.6) is 5.75 Å². The number of carbonyl (C=O) groups excluding carboxylic acids is 2. The molecule has 0 aromatic heterocycles. The van der Waals surface area contributed by atoms with Crippen LogP contribution in [0, 0.1) is 25.7 Å². The Morgan fingerprint density at radius 1 is 1.10 bits per heavy atom. The number of fused-ring (bicyclic) bond motifs is 1. The van der Waals surface area contributed by atoms with Crippen LogP contribution in [0.15, 0.2) is 42.5 Å². The van der Waals surface area contributed by atoms with Crippen molar-refractivity contribution in [1.82, 2.24) is 9.80 Å². The van der Waals surface area contributed by atoms with Crippen LogP contribution in [0.25, 0.3) is 0 Å². The van der Waals surface area contributed by atoms with E-state index in [4.69, 9.17) is 10.5 Å². The van der Waals surface area contributed by atoms with Crippen LogP contribution in [-0.4, -0.2) is 54.9 Å². The number of amides is 2. The highest BCUT2D eigenvalue weighted by atomic mass is 16.5. The van der Waals surface area contributed by atoms with Crippen molar-refractivity contribution in [1.29, 1.82) is 0 Å². The maximum absolute atomic E-state index is 13.7. The molecule has 4 rings (SSSR count). The Hall–Kier alpha value is -2.86. The third-order valence-corrected chi connectivity index (χ3v) is 6.47. The van der Waals surface area contributed by atoms with Gasteiger partial charge in [0, 0.05) is 25.6 Å². The molecule has 2 aliphatic heterocycles. The number of nitrogens with two attached hydrogens (primary N) is 1. The summed E-state index contributed by atoms with van der Waals surface area (Å²) in [6.07, 6.45) is 0. The lowest BCUT2D eigenvalue weighted by atomic mass is 9.87. The molecule has 2 aromatic rings. The third-order valence-electron chi connectivity index (χ3n) is 6.47. The average Bonchev–Trinajstić information content (AvgIpc) is 3.24. The third kappa shape index (κ3) is 3.67. The second-order valence-electron chi connectivity index (χ2n) is 8.55. The maximum atomic E-state index is 13.7. The van der Waals surface area contributed by atoms with E-state index in [-0.39, 0.29) is 30.3 Å². The molecule has 30 heavy (non-hydrogen) atoms. The number of likely N-dealkylation sites (tertiary alicyclic amines) is 2.